The van der Waals surface area contributed by atoms with Crippen LogP contribution in [-0.4, -0.2) is 21.9 Å². The van der Waals surface area contributed by atoms with Gasteiger partial charge in [-0.3, -0.25) is 0 Å². The Morgan fingerprint density at radius 1 is 1.36 bits per heavy atom. The van der Waals surface area contributed by atoms with Gasteiger partial charge in [0.1, 0.15) is 0 Å². The third kappa shape index (κ3) is 2.80. The van der Waals surface area contributed by atoms with E-state index in [9.17, 15) is 10.2 Å². The molecule has 0 aliphatic rings. The second-order valence-electron chi connectivity index (χ2n) is 3.54. The van der Waals surface area contributed by atoms with E-state index in [4.69, 9.17) is 0 Å². The Balaban J connectivity index is 4.10. The Kier molecular flexibility index (Phi) is 4.04. The van der Waals surface area contributed by atoms with Crippen molar-refractivity contribution in [2.24, 2.45) is 5.92 Å². The summed E-state index contributed by atoms with van der Waals surface area (Å²) in [5.41, 5.74) is -0.921. The zero-order chi connectivity index (χ0) is 9.07. The van der Waals surface area contributed by atoms with E-state index in [2.05, 4.69) is 0 Å². The smallest absolute Gasteiger partial charge is 0.0877 e. The Hall–Kier alpha value is -0.0800. The van der Waals surface area contributed by atoms with Crippen LogP contribution in [0, 0.1) is 5.92 Å². The van der Waals surface area contributed by atoms with Crippen molar-refractivity contribution in [2.45, 2.75) is 52.2 Å². The van der Waals surface area contributed by atoms with E-state index in [1.807, 2.05) is 20.8 Å². The summed E-state index contributed by atoms with van der Waals surface area (Å²) in [4.78, 5) is 0. The average Bonchev–Trinajstić information content (AvgIpc) is 2.01. The maximum atomic E-state index is 9.64. The standard InChI is InChI=1S/C9H20O2/c1-5-7(3)8(10)9(4,11)6-2/h7-8,10-11H,5-6H2,1-4H3. The van der Waals surface area contributed by atoms with Crippen LogP contribution in [0.4, 0.5) is 0 Å². The summed E-state index contributed by atoms with van der Waals surface area (Å²) >= 11 is 0. The lowest BCUT2D eigenvalue weighted by molar-refractivity contribution is -0.0879. The van der Waals surface area contributed by atoms with Gasteiger partial charge < -0.3 is 10.2 Å². The molecule has 0 aromatic rings. The fourth-order valence-electron chi connectivity index (χ4n) is 1.05. The van der Waals surface area contributed by atoms with Crippen molar-refractivity contribution >= 4 is 0 Å². The fraction of sp³-hybridized carbons (Fsp3) is 1.00. The van der Waals surface area contributed by atoms with E-state index in [0.29, 0.717) is 6.42 Å². The predicted molar refractivity (Wildman–Crippen MR) is 46.4 cm³/mol. The van der Waals surface area contributed by atoms with Gasteiger partial charge in [-0.15, -0.1) is 0 Å². The second-order valence-corrected chi connectivity index (χ2v) is 3.54. The van der Waals surface area contributed by atoms with Crippen LogP contribution in [0.1, 0.15) is 40.5 Å². The molecule has 11 heavy (non-hydrogen) atoms. The molecular weight excluding hydrogens is 140 g/mol. The van der Waals surface area contributed by atoms with Crippen LogP contribution >= 0.6 is 0 Å². The van der Waals surface area contributed by atoms with Crippen molar-refractivity contribution < 1.29 is 10.2 Å². The summed E-state index contributed by atoms with van der Waals surface area (Å²) in [6.07, 6.45) is 0.896. The molecule has 0 rings (SSSR count). The lowest BCUT2D eigenvalue weighted by atomic mass is 9.86. The topological polar surface area (TPSA) is 40.5 Å². The summed E-state index contributed by atoms with van der Waals surface area (Å²) < 4.78 is 0. The minimum absolute atomic E-state index is 0.171. The molecule has 2 heteroatoms. The molecule has 0 bridgehead atoms. The minimum atomic E-state index is -0.921. The Labute approximate surface area is 69.2 Å². The molecule has 0 saturated carbocycles. The molecule has 2 N–H and O–H groups in total. The van der Waals surface area contributed by atoms with Gasteiger partial charge in [-0.1, -0.05) is 27.2 Å². The first-order valence-corrected chi connectivity index (χ1v) is 4.36. The highest BCUT2D eigenvalue weighted by atomic mass is 16.3. The van der Waals surface area contributed by atoms with Gasteiger partial charge in [-0.05, 0) is 19.3 Å². The summed E-state index contributed by atoms with van der Waals surface area (Å²) in [7, 11) is 0. The number of rotatable bonds is 4. The Bertz CT molecular complexity index is 110. The lowest BCUT2D eigenvalue weighted by Crippen LogP contribution is -2.42. The van der Waals surface area contributed by atoms with Gasteiger partial charge in [0.2, 0.25) is 0 Å². The van der Waals surface area contributed by atoms with Crippen molar-refractivity contribution in [3.63, 3.8) is 0 Å². The van der Waals surface area contributed by atoms with Gasteiger partial charge >= 0.3 is 0 Å². The van der Waals surface area contributed by atoms with E-state index in [-0.39, 0.29) is 5.92 Å². The summed E-state index contributed by atoms with van der Waals surface area (Å²) in [5, 5.41) is 19.2. The van der Waals surface area contributed by atoms with Crippen LogP contribution in [0.3, 0.4) is 0 Å². The third-order valence-corrected chi connectivity index (χ3v) is 2.54. The highest BCUT2D eigenvalue weighted by Crippen LogP contribution is 2.22. The molecular formula is C9H20O2. The van der Waals surface area contributed by atoms with E-state index < -0.39 is 11.7 Å². The molecule has 3 atom stereocenters. The normalized spacial score (nSPS) is 22.4. The molecule has 0 aromatic heterocycles. The zero-order valence-corrected chi connectivity index (χ0v) is 7.96. The first-order chi connectivity index (χ1) is 4.95. The van der Waals surface area contributed by atoms with Gasteiger partial charge in [0, 0.05) is 0 Å². The molecule has 0 saturated heterocycles. The Morgan fingerprint density at radius 2 is 1.82 bits per heavy atom. The van der Waals surface area contributed by atoms with E-state index >= 15 is 0 Å². The maximum Gasteiger partial charge on any atom is 0.0877 e. The monoisotopic (exact) mass is 160 g/mol. The Morgan fingerprint density at radius 3 is 2.09 bits per heavy atom. The van der Waals surface area contributed by atoms with Gasteiger partial charge in [-0.2, -0.15) is 0 Å². The van der Waals surface area contributed by atoms with E-state index in [0.717, 1.165) is 6.42 Å². The quantitative estimate of drug-likeness (QED) is 0.655. The number of hydrogen-bond acceptors (Lipinski definition) is 2. The van der Waals surface area contributed by atoms with Crippen LogP contribution in [0.25, 0.3) is 0 Å². The van der Waals surface area contributed by atoms with Gasteiger partial charge in [0.25, 0.3) is 0 Å². The van der Waals surface area contributed by atoms with Crippen molar-refractivity contribution in [3.8, 4) is 0 Å². The lowest BCUT2D eigenvalue weighted by Gasteiger charge is -2.31. The molecule has 0 heterocycles. The molecule has 0 amide bonds. The summed E-state index contributed by atoms with van der Waals surface area (Å²) in [6, 6.07) is 0. The van der Waals surface area contributed by atoms with Gasteiger partial charge in [0.05, 0.1) is 11.7 Å². The minimum Gasteiger partial charge on any atom is -0.390 e. The molecule has 3 unspecified atom stereocenters. The first kappa shape index (κ1) is 10.9. The number of aliphatic hydroxyl groups is 2. The number of hydrogen-bond donors (Lipinski definition) is 2. The van der Waals surface area contributed by atoms with Crippen molar-refractivity contribution in [3.05, 3.63) is 0 Å². The predicted octanol–water partition coefficient (Wildman–Crippen LogP) is 1.55. The van der Waals surface area contributed by atoms with Crippen LogP contribution in [-0.2, 0) is 0 Å². The van der Waals surface area contributed by atoms with Crippen molar-refractivity contribution in [1.82, 2.24) is 0 Å². The maximum absolute atomic E-state index is 9.64. The van der Waals surface area contributed by atoms with Crippen LogP contribution in [0.2, 0.25) is 0 Å². The summed E-state index contributed by atoms with van der Waals surface area (Å²) in [5.74, 6) is 0.171. The number of aliphatic hydroxyl groups excluding tert-OH is 1. The molecule has 0 aliphatic heterocycles. The van der Waals surface area contributed by atoms with Crippen LogP contribution in [0.5, 0.6) is 0 Å². The molecule has 2 nitrogen and oxygen atoms in total. The molecule has 0 fully saturated rings. The molecule has 0 aliphatic carbocycles. The van der Waals surface area contributed by atoms with Gasteiger partial charge in [0.15, 0.2) is 0 Å². The highest BCUT2D eigenvalue weighted by molar-refractivity contribution is 4.83. The fourth-order valence-corrected chi connectivity index (χ4v) is 1.05. The molecule has 0 radical (unpaired) electrons. The van der Waals surface area contributed by atoms with Crippen molar-refractivity contribution in [2.75, 3.05) is 0 Å². The zero-order valence-electron chi connectivity index (χ0n) is 7.96. The van der Waals surface area contributed by atoms with Gasteiger partial charge in [-0.25, -0.2) is 0 Å². The first-order valence-electron chi connectivity index (χ1n) is 4.36. The highest BCUT2D eigenvalue weighted by Gasteiger charge is 2.31. The SMILES string of the molecule is CCC(C)C(O)C(C)(O)CC. The van der Waals surface area contributed by atoms with Crippen molar-refractivity contribution in [1.29, 1.82) is 0 Å². The molecule has 0 spiro atoms. The van der Waals surface area contributed by atoms with E-state index in [1.165, 1.54) is 0 Å². The average molecular weight is 160 g/mol. The third-order valence-electron chi connectivity index (χ3n) is 2.54. The van der Waals surface area contributed by atoms with E-state index in [1.54, 1.807) is 6.92 Å². The van der Waals surface area contributed by atoms with Crippen LogP contribution in [0.15, 0.2) is 0 Å². The summed E-state index contributed by atoms with van der Waals surface area (Å²) in [6.45, 7) is 7.53. The largest absolute Gasteiger partial charge is 0.390 e. The van der Waals surface area contributed by atoms with Crippen LogP contribution < -0.4 is 0 Å². The molecule has 0 aromatic carbocycles. The second kappa shape index (κ2) is 4.07. The molecule has 68 valence electrons.